The van der Waals surface area contributed by atoms with E-state index < -0.39 is 5.97 Å². The number of likely N-dealkylation sites (tertiary alicyclic amines) is 1. The van der Waals surface area contributed by atoms with Gasteiger partial charge in [-0.25, -0.2) is 4.79 Å². The van der Waals surface area contributed by atoms with Crippen molar-refractivity contribution in [1.29, 1.82) is 0 Å². The van der Waals surface area contributed by atoms with Gasteiger partial charge in [0.15, 0.2) is 0 Å². The Morgan fingerprint density at radius 1 is 0.952 bits per heavy atom. The highest BCUT2D eigenvalue weighted by molar-refractivity contribution is 5.76. The highest BCUT2D eigenvalue weighted by Gasteiger charge is 2.29. The van der Waals surface area contributed by atoms with Crippen molar-refractivity contribution < 1.29 is 14.7 Å². The maximum Gasteiger partial charge on any atom is 0.317 e. The summed E-state index contributed by atoms with van der Waals surface area (Å²) in [5.41, 5.74) is 0. The van der Waals surface area contributed by atoms with Gasteiger partial charge in [0, 0.05) is 18.6 Å². The molecular formula is C16H28N2O3. The molecule has 0 aromatic heterocycles. The molecule has 2 rings (SSSR count). The molecule has 120 valence electrons. The first kappa shape index (κ1) is 16.1. The number of piperidine rings is 1. The van der Waals surface area contributed by atoms with Crippen molar-refractivity contribution in [2.24, 2.45) is 0 Å². The molecule has 0 bridgehead atoms. The number of nitrogens with one attached hydrogen (secondary N) is 1. The summed E-state index contributed by atoms with van der Waals surface area (Å²) in [7, 11) is 0. The fourth-order valence-electron chi connectivity index (χ4n) is 3.54. The van der Waals surface area contributed by atoms with E-state index in [9.17, 15) is 9.59 Å². The number of hydrogen-bond acceptors (Lipinski definition) is 2. The molecule has 0 aromatic carbocycles. The van der Waals surface area contributed by atoms with Gasteiger partial charge in [-0.1, -0.05) is 32.1 Å². The molecular weight excluding hydrogens is 268 g/mol. The van der Waals surface area contributed by atoms with Gasteiger partial charge in [0.2, 0.25) is 0 Å². The normalized spacial score (nSPS) is 25.0. The van der Waals surface area contributed by atoms with Crippen molar-refractivity contribution in [3.63, 3.8) is 0 Å². The lowest BCUT2D eigenvalue weighted by atomic mass is 9.96. The van der Waals surface area contributed by atoms with Crippen LogP contribution in [0.1, 0.15) is 70.6 Å². The van der Waals surface area contributed by atoms with Crippen LogP contribution in [0, 0.1) is 0 Å². The summed E-state index contributed by atoms with van der Waals surface area (Å²) in [5.74, 6) is -0.814. The van der Waals surface area contributed by atoms with Gasteiger partial charge in [-0.3, -0.25) is 4.79 Å². The number of amides is 2. The Labute approximate surface area is 127 Å². The molecule has 21 heavy (non-hydrogen) atoms. The van der Waals surface area contributed by atoms with Crippen molar-refractivity contribution >= 4 is 12.0 Å². The lowest BCUT2D eigenvalue weighted by Gasteiger charge is -2.36. The minimum atomic E-state index is -0.814. The average Bonchev–Trinajstić information content (AvgIpc) is 2.41. The number of nitrogens with zero attached hydrogens (tertiary/aromatic N) is 1. The monoisotopic (exact) mass is 296 g/mol. The van der Waals surface area contributed by atoms with E-state index in [0.29, 0.717) is 6.54 Å². The summed E-state index contributed by atoms with van der Waals surface area (Å²) >= 11 is 0. The molecule has 0 radical (unpaired) electrons. The third-order valence-electron chi connectivity index (χ3n) is 4.73. The lowest BCUT2D eigenvalue weighted by molar-refractivity contribution is -0.138. The Morgan fingerprint density at radius 2 is 1.57 bits per heavy atom. The van der Waals surface area contributed by atoms with Crippen LogP contribution in [0.15, 0.2) is 0 Å². The summed E-state index contributed by atoms with van der Waals surface area (Å²) in [6.07, 6.45) is 11.2. The zero-order valence-electron chi connectivity index (χ0n) is 12.9. The molecule has 1 aliphatic carbocycles. The molecule has 5 heteroatoms. The van der Waals surface area contributed by atoms with E-state index in [1.165, 1.54) is 32.1 Å². The molecule has 2 N–H and O–H groups in total. The minimum absolute atomic E-state index is 0.0495. The van der Waals surface area contributed by atoms with Gasteiger partial charge in [0.25, 0.3) is 0 Å². The molecule has 2 fully saturated rings. The largest absolute Gasteiger partial charge is 0.481 e. The maximum atomic E-state index is 12.5. The van der Waals surface area contributed by atoms with E-state index in [2.05, 4.69) is 5.32 Å². The van der Waals surface area contributed by atoms with Gasteiger partial charge in [0.05, 0.1) is 6.42 Å². The van der Waals surface area contributed by atoms with E-state index in [0.717, 1.165) is 32.1 Å². The van der Waals surface area contributed by atoms with Crippen LogP contribution < -0.4 is 5.32 Å². The van der Waals surface area contributed by atoms with Crippen molar-refractivity contribution in [3.05, 3.63) is 0 Å². The van der Waals surface area contributed by atoms with E-state index in [1.807, 2.05) is 0 Å². The van der Waals surface area contributed by atoms with Crippen LogP contribution in [0.2, 0.25) is 0 Å². The predicted octanol–water partition coefficient (Wildman–Crippen LogP) is 3.14. The van der Waals surface area contributed by atoms with Gasteiger partial charge in [0.1, 0.15) is 0 Å². The van der Waals surface area contributed by atoms with Crippen LogP contribution >= 0.6 is 0 Å². The Hall–Kier alpha value is -1.26. The second-order valence-corrected chi connectivity index (χ2v) is 6.43. The number of aliphatic carboxylic acids is 1. The van der Waals surface area contributed by atoms with Crippen molar-refractivity contribution in [2.45, 2.75) is 82.7 Å². The summed E-state index contributed by atoms with van der Waals surface area (Å²) in [6.45, 7) is 0.691. The maximum absolute atomic E-state index is 12.5. The van der Waals surface area contributed by atoms with Gasteiger partial charge in [-0.15, -0.1) is 0 Å². The SMILES string of the molecule is O=C(O)CC1CCCCN1C(=O)NC1CCCCCCC1. The molecule has 1 heterocycles. The third kappa shape index (κ3) is 5.21. The molecule has 2 amide bonds. The van der Waals surface area contributed by atoms with Gasteiger partial charge in [-0.05, 0) is 32.1 Å². The number of hydrogen-bond donors (Lipinski definition) is 2. The average molecular weight is 296 g/mol. The number of urea groups is 1. The Kier molecular flexibility index (Phi) is 6.33. The third-order valence-corrected chi connectivity index (χ3v) is 4.73. The number of carbonyl (C=O) groups is 2. The van der Waals surface area contributed by atoms with Crippen LogP contribution in [0.3, 0.4) is 0 Å². The quantitative estimate of drug-likeness (QED) is 0.840. The number of rotatable bonds is 3. The molecule has 5 nitrogen and oxygen atoms in total. The summed E-state index contributed by atoms with van der Waals surface area (Å²) < 4.78 is 0. The van der Waals surface area contributed by atoms with Crippen molar-refractivity contribution in [1.82, 2.24) is 10.2 Å². The first-order valence-corrected chi connectivity index (χ1v) is 8.46. The first-order valence-electron chi connectivity index (χ1n) is 8.46. The van der Waals surface area contributed by atoms with Crippen LogP contribution in [-0.4, -0.2) is 40.6 Å². The molecule has 1 aliphatic heterocycles. The smallest absolute Gasteiger partial charge is 0.317 e. The standard InChI is InChI=1S/C16H28N2O3/c19-15(20)12-14-10-6-7-11-18(14)16(21)17-13-8-4-2-1-3-5-9-13/h13-14H,1-12H2,(H,17,21)(H,19,20). The second kappa shape index (κ2) is 8.25. The number of carboxylic acid groups (broad SMARTS) is 1. The zero-order valence-corrected chi connectivity index (χ0v) is 12.9. The number of carboxylic acids is 1. The van der Waals surface area contributed by atoms with Crippen molar-refractivity contribution in [3.8, 4) is 0 Å². The van der Waals surface area contributed by atoms with Gasteiger partial charge >= 0.3 is 12.0 Å². The van der Waals surface area contributed by atoms with Gasteiger partial charge < -0.3 is 15.3 Å². The molecule has 1 unspecified atom stereocenters. The van der Waals surface area contributed by atoms with E-state index in [4.69, 9.17) is 5.11 Å². The molecule has 2 aliphatic rings. The van der Waals surface area contributed by atoms with Crippen LogP contribution in [0.5, 0.6) is 0 Å². The predicted molar refractivity (Wildman–Crippen MR) is 81.2 cm³/mol. The fourth-order valence-corrected chi connectivity index (χ4v) is 3.54. The summed E-state index contributed by atoms with van der Waals surface area (Å²) in [4.78, 5) is 25.2. The fraction of sp³-hybridized carbons (Fsp3) is 0.875. The summed E-state index contributed by atoms with van der Waals surface area (Å²) in [6, 6.07) is 0.0848. The highest BCUT2D eigenvalue weighted by Crippen LogP contribution is 2.21. The second-order valence-electron chi connectivity index (χ2n) is 6.43. The van der Waals surface area contributed by atoms with Crippen LogP contribution in [0.4, 0.5) is 4.79 Å². The minimum Gasteiger partial charge on any atom is -0.481 e. The molecule has 1 saturated heterocycles. The molecule has 0 aromatic rings. The first-order chi connectivity index (χ1) is 10.2. The van der Waals surface area contributed by atoms with Crippen molar-refractivity contribution in [2.75, 3.05) is 6.54 Å². The zero-order chi connectivity index (χ0) is 15.1. The Bertz CT molecular complexity index is 351. The Morgan fingerprint density at radius 3 is 2.24 bits per heavy atom. The van der Waals surface area contributed by atoms with E-state index in [-0.39, 0.29) is 24.5 Å². The van der Waals surface area contributed by atoms with Crippen LogP contribution in [-0.2, 0) is 4.79 Å². The topological polar surface area (TPSA) is 69.6 Å². The van der Waals surface area contributed by atoms with E-state index in [1.54, 1.807) is 4.90 Å². The van der Waals surface area contributed by atoms with E-state index >= 15 is 0 Å². The van der Waals surface area contributed by atoms with Crippen LogP contribution in [0.25, 0.3) is 0 Å². The molecule has 1 saturated carbocycles. The molecule has 1 atom stereocenters. The molecule has 0 spiro atoms. The summed E-state index contributed by atoms with van der Waals surface area (Å²) in [5, 5.41) is 12.2. The Balaban J connectivity index is 1.88. The number of carbonyl (C=O) groups excluding carboxylic acids is 1. The van der Waals surface area contributed by atoms with Gasteiger partial charge in [-0.2, -0.15) is 0 Å². The lowest BCUT2D eigenvalue weighted by Crippen LogP contribution is -2.51. The highest BCUT2D eigenvalue weighted by atomic mass is 16.4.